The average Bonchev–Trinajstić information content (AvgIpc) is 3.35. The Morgan fingerprint density at radius 1 is 1.26 bits per heavy atom. The molecule has 0 aliphatic heterocycles. The van der Waals surface area contributed by atoms with Crippen LogP contribution in [-0.2, 0) is 17.8 Å². The lowest BCUT2D eigenvalue weighted by Gasteiger charge is -2.09. The van der Waals surface area contributed by atoms with Crippen LogP contribution in [0, 0.1) is 5.92 Å². The van der Waals surface area contributed by atoms with Crippen LogP contribution in [0.15, 0.2) is 24.3 Å². The van der Waals surface area contributed by atoms with Crippen LogP contribution < -0.4 is 5.32 Å². The second-order valence-corrected chi connectivity index (χ2v) is 6.54. The van der Waals surface area contributed by atoms with Gasteiger partial charge >= 0.3 is 0 Å². The zero-order valence-electron chi connectivity index (χ0n) is 14.1. The Morgan fingerprint density at radius 3 is 2.87 bits per heavy atom. The van der Waals surface area contributed by atoms with E-state index in [1.165, 1.54) is 24.8 Å². The lowest BCUT2D eigenvalue weighted by molar-refractivity contribution is -0.122. The highest BCUT2D eigenvalue weighted by atomic mass is 16.2. The third-order valence-electron chi connectivity index (χ3n) is 4.54. The molecule has 0 saturated heterocycles. The number of amides is 1. The molecular formula is C19H27N3O. The Labute approximate surface area is 138 Å². The number of benzene rings is 1. The summed E-state index contributed by atoms with van der Waals surface area (Å²) >= 11 is 0. The van der Waals surface area contributed by atoms with Crippen molar-refractivity contribution in [2.24, 2.45) is 5.92 Å². The molecule has 0 bridgehead atoms. The van der Waals surface area contributed by atoms with Crippen LogP contribution in [0.25, 0.3) is 11.0 Å². The summed E-state index contributed by atoms with van der Waals surface area (Å²) in [4.78, 5) is 16.5. The van der Waals surface area contributed by atoms with Crippen LogP contribution in [0.5, 0.6) is 0 Å². The van der Waals surface area contributed by atoms with Gasteiger partial charge in [0.2, 0.25) is 5.91 Å². The fourth-order valence-electron chi connectivity index (χ4n) is 3.03. The van der Waals surface area contributed by atoms with Crippen LogP contribution in [0.2, 0.25) is 0 Å². The number of nitrogens with one attached hydrogen (secondary N) is 1. The van der Waals surface area contributed by atoms with Crippen LogP contribution >= 0.6 is 0 Å². The standard InChI is InChI=1S/C19H27N3O/c1-2-3-6-14-22-17-9-5-4-8-16(17)21-18(22)10-7-13-20-19(23)15-11-12-15/h4-5,8-9,15H,2-3,6-7,10-14H2,1H3,(H,20,23). The third kappa shape index (κ3) is 4.12. The molecule has 1 N–H and O–H groups in total. The second kappa shape index (κ2) is 7.62. The SMILES string of the molecule is CCCCCn1c(CCCNC(=O)C2CC2)nc2ccccc21. The zero-order valence-corrected chi connectivity index (χ0v) is 14.1. The molecule has 1 aromatic heterocycles. The highest BCUT2D eigenvalue weighted by Crippen LogP contribution is 2.28. The number of carbonyl (C=O) groups excluding carboxylic acids is 1. The first-order valence-corrected chi connectivity index (χ1v) is 9.01. The predicted molar refractivity (Wildman–Crippen MR) is 93.3 cm³/mol. The second-order valence-electron chi connectivity index (χ2n) is 6.54. The van der Waals surface area contributed by atoms with Gasteiger partial charge in [-0.1, -0.05) is 31.9 Å². The van der Waals surface area contributed by atoms with Crippen molar-refractivity contribution >= 4 is 16.9 Å². The van der Waals surface area contributed by atoms with E-state index in [2.05, 4.69) is 35.0 Å². The van der Waals surface area contributed by atoms with Crippen molar-refractivity contribution in [1.29, 1.82) is 0 Å². The van der Waals surface area contributed by atoms with Gasteiger partial charge in [-0.05, 0) is 37.8 Å². The van der Waals surface area contributed by atoms with Crippen molar-refractivity contribution < 1.29 is 4.79 Å². The van der Waals surface area contributed by atoms with Crippen LogP contribution in [0.4, 0.5) is 0 Å². The van der Waals surface area contributed by atoms with Crippen molar-refractivity contribution in [2.45, 2.75) is 58.4 Å². The molecule has 0 radical (unpaired) electrons. The summed E-state index contributed by atoms with van der Waals surface area (Å²) in [6, 6.07) is 8.38. The van der Waals surface area contributed by atoms with Crippen LogP contribution in [0.3, 0.4) is 0 Å². The maximum atomic E-state index is 11.7. The molecule has 0 unspecified atom stereocenters. The molecule has 0 atom stereocenters. The number of imidazole rings is 1. The number of aromatic nitrogens is 2. The van der Waals surface area contributed by atoms with Gasteiger partial charge in [-0.25, -0.2) is 4.98 Å². The molecule has 0 spiro atoms. The normalized spacial score (nSPS) is 14.3. The van der Waals surface area contributed by atoms with Crippen LogP contribution in [0.1, 0.15) is 51.3 Å². The zero-order chi connectivity index (χ0) is 16.1. The Balaban J connectivity index is 1.61. The third-order valence-corrected chi connectivity index (χ3v) is 4.54. The van der Waals surface area contributed by atoms with Gasteiger partial charge in [0.25, 0.3) is 0 Å². The minimum atomic E-state index is 0.237. The first-order chi connectivity index (χ1) is 11.3. The van der Waals surface area contributed by atoms with E-state index < -0.39 is 0 Å². The summed E-state index contributed by atoms with van der Waals surface area (Å²) in [7, 11) is 0. The Kier molecular flexibility index (Phi) is 5.31. The average molecular weight is 313 g/mol. The molecule has 1 aromatic carbocycles. The van der Waals surface area contributed by atoms with Gasteiger partial charge in [0.1, 0.15) is 5.82 Å². The number of hydrogen-bond donors (Lipinski definition) is 1. The molecule has 3 rings (SSSR count). The summed E-state index contributed by atoms with van der Waals surface area (Å²) in [5, 5.41) is 3.04. The highest BCUT2D eigenvalue weighted by Gasteiger charge is 2.28. The molecule has 1 aliphatic rings. The fourth-order valence-corrected chi connectivity index (χ4v) is 3.03. The summed E-state index contributed by atoms with van der Waals surface area (Å²) in [6.45, 7) is 4.03. The van der Waals surface area contributed by atoms with E-state index in [9.17, 15) is 4.79 Å². The number of rotatable bonds is 9. The molecule has 1 amide bonds. The topological polar surface area (TPSA) is 46.9 Å². The number of hydrogen-bond acceptors (Lipinski definition) is 2. The van der Waals surface area contributed by atoms with E-state index in [0.717, 1.165) is 50.1 Å². The molecule has 2 aromatic rings. The number of fused-ring (bicyclic) bond motifs is 1. The van der Waals surface area contributed by atoms with E-state index in [0.29, 0.717) is 5.92 Å². The van der Waals surface area contributed by atoms with Gasteiger partial charge in [-0.3, -0.25) is 4.79 Å². The van der Waals surface area contributed by atoms with Gasteiger partial charge in [0, 0.05) is 25.4 Å². The highest BCUT2D eigenvalue weighted by molar-refractivity contribution is 5.80. The molecular weight excluding hydrogens is 286 g/mol. The first kappa shape index (κ1) is 16.0. The van der Waals surface area contributed by atoms with E-state index in [4.69, 9.17) is 4.98 Å². The van der Waals surface area contributed by atoms with Crippen LogP contribution in [-0.4, -0.2) is 22.0 Å². The Morgan fingerprint density at radius 2 is 2.09 bits per heavy atom. The first-order valence-electron chi connectivity index (χ1n) is 9.01. The molecule has 4 nitrogen and oxygen atoms in total. The largest absolute Gasteiger partial charge is 0.356 e. The quantitative estimate of drug-likeness (QED) is 0.718. The number of para-hydroxylation sites is 2. The number of carbonyl (C=O) groups is 1. The minimum absolute atomic E-state index is 0.237. The van der Waals surface area contributed by atoms with E-state index in [-0.39, 0.29) is 5.91 Å². The molecule has 1 heterocycles. The fraction of sp³-hybridized carbons (Fsp3) is 0.579. The van der Waals surface area contributed by atoms with Crippen molar-refractivity contribution in [3.63, 3.8) is 0 Å². The summed E-state index contributed by atoms with van der Waals surface area (Å²) in [6.07, 6.45) is 7.69. The number of nitrogens with zero attached hydrogens (tertiary/aromatic N) is 2. The maximum Gasteiger partial charge on any atom is 0.223 e. The lowest BCUT2D eigenvalue weighted by atomic mass is 10.2. The van der Waals surface area contributed by atoms with Crippen molar-refractivity contribution in [3.05, 3.63) is 30.1 Å². The maximum absolute atomic E-state index is 11.7. The molecule has 124 valence electrons. The summed E-state index contributed by atoms with van der Waals surface area (Å²) in [5.41, 5.74) is 2.32. The van der Waals surface area contributed by atoms with Gasteiger partial charge in [-0.2, -0.15) is 0 Å². The number of aryl methyl sites for hydroxylation is 2. The lowest BCUT2D eigenvalue weighted by Crippen LogP contribution is -2.26. The summed E-state index contributed by atoms with van der Waals surface area (Å²) in [5.74, 6) is 1.69. The molecule has 1 aliphatic carbocycles. The molecule has 1 saturated carbocycles. The van der Waals surface area contributed by atoms with Gasteiger partial charge in [0.05, 0.1) is 11.0 Å². The number of unbranched alkanes of at least 4 members (excludes halogenated alkanes) is 2. The smallest absolute Gasteiger partial charge is 0.223 e. The van der Waals surface area contributed by atoms with E-state index in [1.807, 2.05) is 6.07 Å². The molecule has 1 fully saturated rings. The Hall–Kier alpha value is -1.84. The van der Waals surface area contributed by atoms with Crippen molar-refractivity contribution in [2.75, 3.05) is 6.54 Å². The van der Waals surface area contributed by atoms with Crippen molar-refractivity contribution in [3.8, 4) is 0 Å². The van der Waals surface area contributed by atoms with Gasteiger partial charge in [-0.15, -0.1) is 0 Å². The monoisotopic (exact) mass is 313 g/mol. The van der Waals surface area contributed by atoms with Crippen molar-refractivity contribution in [1.82, 2.24) is 14.9 Å². The van der Waals surface area contributed by atoms with E-state index >= 15 is 0 Å². The Bertz CT molecular complexity index is 658. The molecule has 23 heavy (non-hydrogen) atoms. The van der Waals surface area contributed by atoms with Gasteiger partial charge in [0.15, 0.2) is 0 Å². The predicted octanol–water partition coefficient (Wildman–Crippen LogP) is 3.69. The minimum Gasteiger partial charge on any atom is -0.356 e. The summed E-state index contributed by atoms with van der Waals surface area (Å²) < 4.78 is 2.37. The van der Waals surface area contributed by atoms with Gasteiger partial charge < -0.3 is 9.88 Å². The van der Waals surface area contributed by atoms with E-state index in [1.54, 1.807) is 0 Å². The molecule has 4 heteroatoms.